The molecular formula is C11H13Cl2N3O2. The second kappa shape index (κ2) is 7.20. The van der Waals surface area contributed by atoms with Crippen molar-refractivity contribution < 1.29 is 9.59 Å². The third-order valence-electron chi connectivity index (χ3n) is 2.02. The molecule has 4 N–H and O–H groups in total. The van der Waals surface area contributed by atoms with Crippen LogP contribution in [0.2, 0.25) is 5.02 Å². The fourth-order valence-electron chi connectivity index (χ4n) is 1.24. The van der Waals surface area contributed by atoms with Crippen LogP contribution in [0.3, 0.4) is 0 Å². The molecule has 0 aliphatic heterocycles. The Morgan fingerprint density at radius 1 is 1.22 bits per heavy atom. The number of hydrogen-bond acceptors (Lipinski definition) is 3. The highest BCUT2D eigenvalue weighted by Gasteiger charge is 2.07. The van der Waals surface area contributed by atoms with Crippen LogP contribution >= 0.6 is 23.2 Å². The minimum absolute atomic E-state index is 0.167. The van der Waals surface area contributed by atoms with E-state index in [4.69, 9.17) is 28.9 Å². The van der Waals surface area contributed by atoms with E-state index in [1.165, 1.54) is 0 Å². The molecular weight excluding hydrogens is 277 g/mol. The van der Waals surface area contributed by atoms with E-state index in [1.807, 2.05) is 0 Å². The molecule has 0 heterocycles. The van der Waals surface area contributed by atoms with Crippen molar-refractivity contribution in [1.82, 2.24) is 0 Å². The van der Waals surface area contributed by atoms with E-state index in [2.05, 4.69) is 10.6 Å². The summed E-state index contributed by atoms with van der Waals surface area (Å²) in [6.45, 7) is 0.273. The lowest BCUT2D eigenvalue weighted by atomic mass is 10.2. The first-order chi connectivity index (χ1) is 8.56. The van der Waals surface area contributed by atoms with Gasteiger partial charge in [0, 0.05) is 18.7 Å². The zero-order chi connectivity index (χ0) is 13.5. The molecule has 0 spiro atoms. The first kappa shape index (κ1) is 14.8. The summed E-state index contributed by atoms with van der Waals surface area (Å²) < 4.78 is 0. The maximum Gasteiger partial charge on any atom is 0.239 e. The largest absolute Gasteiger partial charge is 0.330 e. The molecule has 7 heteroatoms. The molecule has 18 heavy (non-hydrogen) atoms. The first-order valence-corrected chi connectivity index (χ1v) is 6.13. The van der Waals surface area contributed by atoms with Gasteiger partial charge in [-0.1, -0.05) is 11.6 Å². The van der Waals surface area contributed by atoms with Crippen LogP contribution in [0.1, 0.15) is 6.42 Å². The van der Waals surface area contributed by atoms with E-state index in [0.717, 1.165) is 0 Å². The number of amides is 2. The smallest absolute Gasteiger partial charge is 0.239 e. The number of anilines is 2. The molecule has 0 saturated carbocycles. The molecule has 1 aromatic carbocycles. The fraction of sp³-hybridized carbons (Fsp3) is 0.273. The van der Waals surface area contributed by atoms with Gasteiger partial charge in [0.25, 0.3) is 0 Å². The molecule has 0 aliphatic carbocycles. The zero-order valence-electron chi connectivity index (χ0n) is 9.50. The standard InChI is InChI=1S/C11H13Cl2N3O2/c12-6-11(18)16-9-5-7(1-2-8(9)13)15-10(17)3-4-14/h1-2,5H,3-4,6,14H2,(H,15,17)(H,16,18). The predicted molar refractivity (Wildman–Crippen MR) is 73.1 cm³/mol. The Hall–Kier alpha value is -1.30. The number of benzene rings is 1. The van der Waals surface area contributed by atoms with Crippen LogP contribution in [0.4, 0.5) is 11.4 Å². The highest BCUT2D eigenvalue weighted by atomic mass is 35.5. The van der Waals surface area contributed by atoms with E-state index in [-0.39, 0.29) is 30.7 Å². The number of nitrogens with two attached hydrogens (primary N) is 1. The van der Waals surface area contributed by atoms with Crippen molar-refractivity contribution in [2.75, 3.05) is 23.1 Å². The second-order valence-corrected chi connectivity index (χ2v) is 4.14. The molecule has 2 amide bonds. The van der Waals surface area contributed by atoms with Gasteiger partial charge in [-0.2, -0.15) is 0 Å². The molecule has 0 saturated heterocycles. The van der Waals surface area contributed by atoms with E-state index < -0.39 is 0 Å². The molecule has 98 valence electrons. The number of alkyl halides is 1. The van der Waals surface area contributed by atoms with Gasteiger partial charge in [0.15, 0.2) is 0 Å². The molecule has 1 rings (SSSR count). The lowest BCUT2D eigenvalue weighted by Gasteiger charge is -2.09. The maximum atomic E-state index is 11.4. The SMILES string of the molecule is NCCC(=O)Nc1ccc(Cl)c(NC(=O)CCl)c1. The Labute approximate surface area is 115 Å². The lowest BCUT2D eigenvalue weighted by molar-refractivity contribution is -0.116. The van der Waals surface area contributed by atoms with Gasteiger partial charge in [-0.25, -0.2) is 0 Å². The number of rotatable bonds is 5. The Morgan fingerprint density at radius 3 is 2.56 bits per heavy atom. The third-order valence-corrected chi connectivity index (χ3v) is 2.59. The van der Waals surface area contributed by atoms with E-state index in [9.17, 15) is 9.59 Å². The van der Waals surface area contributed by atoms with Crippen molar-refractivity contribution in [1.29, 1.82) is 0 Å². The van der Waals surface area contributed by atoms with Crippen molar-refractivity contribution in [3.8, 4) is 0 Å². The Kier molecular flexibility index (Phi) is 5.91. The summed E-state index contributed by atoms with van der Waals surface area (Å²) in [6, 6.07) is 4.76. The van der Waals surface area contributed by atoms with E-state index >= 15 is 0 Å². The normalized spacial score (nSPS) is 9.94. The van der Waals surface area contributed by atoms with Gasteiger partial charge in [-0.3, -0.25) is 9.59 Å². The Morgan fingerprint density at radius 2 is 1.94 bits per heavy atom. The highest BCUT2D eigenvalue weighted by molar-refractivity contribution is 6.34. The van der Waals surface area contributed by atoms with Crippen LogP contribution in [0.15, 0.2) is 18.2 Å². The third kappa shape index (κ3) is 4.52. The van der Waals surface area contributed by atoms with Crippen molar-refractivity contribution in [3.05, 3.63) is 23.2 Å². The van der Waals surface area contributed by atoms with Gasteiger partial charge in [-0.15, -0.1) is 11.6 Å². The Balaban J connectivity index is 2.80. The van der Waals surface area contributed by atoms with Crippen LogP contribution in [0.5, 0.6) is 0 Å². The van der Waals surface area contributed by atoms with Gasteiger partial charge < -0.3 is 16.4 Å². The summed E-state index contributed by atoms with van der Waals surface area (Å²) in [7, 11) is 0. The molecule has 0 bridgehead atoms. The molecule has 0 unspecified atom stereocenters. The summed E-state index contributed by atoms with van der Waals surface area (Å²) in [5.41, 5.74) is 6.19. The van der Waals surface area contributed by atoms with Gasteiger partial charge >= 0.3 is 0 Å². The topological polar surface area (TPSA) is 84.2 Å². The van der Waals surface area contributed by atoms with Crippen molar-refractivity contribution in [3.63, 3.8) is 0 Å². The summed E-state index contributed by atoms with van der Waals surface area (Å²) >= 11 is 11.3. The minimum Gasteiger partial charge on any atom is -0.330 e. The molecule has 1 aromatic rings. The van der Waals surface area contributed by atoms with Crippen LogP contribution in [-0.4, -0.2) is 24.2 Å². The fourth-order valence-corrected chi connectivity index (χ4v) is 1.47. The van der Waals surface area contributed by atoms with Crippen LogP contribution < -0.4 is 16.4 Å². The molecule has 0 aliphatic rings. The summed E-state index contributed by atoms with van der Waals surface area (Å²) in [5, 5.41) is 5.53. The summed E-state index contributed by atoms with van der Waals surface area (Å²) in [5.74, 6) is -0.737. The van der Waals surface area contributed by atoms with Gasteiger partial charge in [0.05, 0.1) is 10.7 Å². The second-order valence-electron chi connectivity index (χ2n) is 3.46. The highest BCUT2D eigenvalue weighted by Crippen LogP contribution is 2.25. The zero-order valence-corrected chi connectivity index (χ0v) is 11.0. The minimum atomic E-state index is -0.371. The average Bonchev–Trinajstić information content (AvgIpc) is 2.33. The van der Waals surface area contributed by atoms with E-state index in [1.54, 1.807) is 18.2 Å². The van der Waals surface area contributed by atoms with Crippen LogP contribution in [0.25, 0.3) is 0 Å². The maximum absolute atomic E-state index is 11.4. The molecule has 0 atom stereocenters. The van der Waals surface area contributed by atoms with Crippen molar-refractivity contribution in [2.24, 2.45) is 5.73 Å². The number of nitrogens with one attached hydrogen (secondary N) is 2. The molecule has 5 nitrogen and oxygen atoms in total. The lowest BCUT2D eigenvalue weighted by Crippen LogP contribution is -2.17. The molecule has 0 aromatic heterocycles. The average molecular weight is 290 g/mol. The number of halogens is 2. The van der Waals surface area contributed by atoms with Gasteiger partial charge in [-0.05, 0) is 18.2 Å². The van der Waals surface area contributed by atoms with Gasteiger partial charge in [0.2, 0.25) is 11.8 Å². The first-order valence-electron chi connectivity index (χ1n) is 5.22. The van der Waals surface area contributed by atoms with Crippen LogP contribution in [-0.2, 0) is 9.59 Å². The van der Waals surface area contributed by atoms with Crippen molar-refractivity contribution >= 4 is 46.4 Å². The number of hydrogen-bond donors (Lipinski definition) is 3. The molecule has 0 radical (unpaired) electrons. The predicted octanol–water partition coefficient (Wildman–Crippen LogP) is 1.80. The van der Waals surface area contributed by atoms with E-state index in [0.29, 0.717) is 16.4 Å². The molecule has 0 fully saturated rings. The monoisotopic (exact) mass is 289 g/mol. The summed E-state index contributed by atoms with van der Waals surface area (Å²) in [6.07, 6.45) is 0.228. The number of carbonyl (C=O) groups excluding carboxylic acids is 2. The Bertz CT molecular complexity index is 452. The number of carbonyl (C=O) groups is 2. The van der Waals surface area contributed by atoms with Crippen molar-refractivity contribution in [2.45, 2.75) is 6.42 Å². The summed E-state index contributed by atoms with van der Waals surface area (Å²) in [4.78, 5) is 22.5. The quantitative estimate of drug-likeness (QED) is 0.723. The van der Waals surface area contributed by atoms with Crippen LogP contribution in [0, 0.1) is 0 Å². The van der Waals surface area contributed by atoms with Gasteiger partial charge in [0.1, 0.15) is 5.88 Å².